The number of aliphatic hydroxyl groups is 1. The van der Waals surface area contributed by atoms with E-state index in [-0.39, 0.29) is 23.5 Å². The zero-order valence-electron chi connectivity index (χ0n) is 20.7. The van der Waals surface area contributed by atoms with E-state index in [4.69, 9.17) is 4.84 Å². The van der Waals surface area contributed by atoms with Crippen LogP contribution in [-0.2, 0) is 14.4 Å². The monoisotopic (exact) mass is 492 g/mol. The van der Waals surface area contributed by atoms with Crippen LogP contribution in [0.1, 0.15) is 71.6 Å². The molecule has 0 spiro atoms. The number of carboxylic acids is 1. The molecular formula is C26H40N2O5S. The van der Waals surface area contributed by atoms with Crippen molar-refractivity contribution in [3.05, 3.63) is 11.6 Å². The highest BCUT2D eigenvalue weighted by molar-refractivity contribution is 7.98. The summed E-state index contributed by atoms with van der Waals surface area (Å²) >= 11 is 1.55. The fourth-order valence-electron chi connectivity index (χ4n) is 7.52. The molecule has 0 aromatic rings. The van der Waals surface area contributed by atoms with E-state index in [0.29, 0.717) is 29.9 Å². The number of allylic oxidation sites excluding steroid dienone is 2. The predicted octanol–water partition coefficient (Wildman–Crippen LogP) is 4.01. The molecule has 3 fully saturated rings. The maximum absolute atomic E-state index is 12.1. The summed E-state index contributed by atoms with van der Waals surface area (Å²) in [5.74, 6) is 1.17. The molecule has 0 saturated heterocycles. The summed E-state index contributed by atoms with van der Waals surface area (Å²) in [4.78, 5) is 28.8. The molecule has 7 unspecified atom stereocenters. The van der Waals surface area contributed by atoms with Crippen LogP contribution in [0, 0.1) is 28.6 Å². The maximum atomic E-state index is 12.1. The van der Waals surface area contributed by atoms with Crippen LogP contribution >= 0.6 is 11.8 Å². The number of rotatable bonds is 8. The summed E-state index contributed by atoms with van der Waals surface area (Å²) < 4.78 is 0. The van der Waals surface area contributed by atoms with Gasteiger partial charge in [-0.3, -0.25) is 4.79 Å². The standard InChI is InChI=1S/C26H40N2O5S/c1-25-11-8-17(28-33-15-23(30)27-21(24(31)32)10-13-34-3)14-16(25)4-5-18-19-6-7-22(29)26(19,2)12-9-20(18)25/h14,18-22,29H,4-13,15H2,1-3H3,(H,27,30)(H,31,32). The molecule has 3 N–H and O–H groups in total. The van der Waals surface area contributed by atoms with E-state index in [0.717, 1.165) is 44.2 Å². The number of aliphatic hydroxyl groups excluding tert-OH is 1. The van der Waals surface area contributed by atoms with Crippen molar-refractivity contribution in [2.45, 2.75) is 83.8 Å². The predicted molar refractivity (Wildman–Crippen MR) is 134 cm³/mol. The third-order valence-electron chi connectivity index (χ3n) is 9.55. The van der Waals surface area contributed by atoms with Gasteiger partial charge in [-0.25, -0.2) is 4.79 Å². The Labute approximate surface area is 207 Å². The van der Waals surface area contributed by atoms with Crippen molar-refractivity contribution >= 4 is 29.4 Å². The Bertz CT molecular complexity index is 860. The zero-order valence-corrected chi connectivity index (χ0v) is 21.5. The van der Waals surface area contributed by atoms with Gasteiger partial charge < -0.3 is 20.4 Å². The van der Waals surface area contributed by atoms with E-state index < -0.39 is 17.9 Å². The molecule has 190 valence electrons. The number of amides is 1. The van der Waals surface area contributed by atoms with Crippen molar-refractivity contribution < 1.29 is 24.6 Å². The molecule has 0 heterocycles. The first kappa shape index (κ1) is 25.5. The van der Waals surface area contributed by atoms with Gasteiger partial charge in [0, 0.05) is 0 Å². The molecule has 8 heteroatoms. The SMILES string of the molecule is CSCCC(NC(=O)CON=C1C=C2CCC3C(CCC4(C)C(O)CCC34)C2(C)CC1)C(=O)O. The lowest BCUT2D eigenvalue weighted by molar-refractivity contribution is -0.142. The number of thioether (sulfide) groups is 1. The minimum atomic E-state index is -1.03. The molecule has 0 bridgehead atoms. The lowest BCUT2D eigenvalue weighted by atomic mass is 9.47. The van der Waals surface area contributed by atoms with Crippen molar-refractivity contribution in [2.75, 3.05) is 18.6 Å². The third-order valence-corrected chi connectivity index (χ3v) is 10.2. The first-order valence-electron chi connectivity index (χ1n) is 12.8. The van der Waals surface area contributed by atoms with Crippen LogP contribution in [0.5, 0.6) is 0 Å². The second-order valence-corrected chi connectivity index (χ2v) is 12.2. The normalized spacial score (nSPS) is 38.8. The van der Waals surface area contributed by atoms with Gasteiger partial charge in [0.25, 0.3) is 5.91 Å². The molecule has 4 aliphatic rings. The van der Waals surface area contributed by atoms with E-state index in [1.165, 1.54) is 18.4 Å². The lowest BCUT2D eigenvalue weighted by Gasteiger charge is -2.57. The van der Waals surface area contributed by atoms with Crippen molar-refractivity contribution in [3.8, 4) is 0 Å². The number of nitrogens with zero attached hydrogens (tertiary/aromatic N) is 1. The molecule has 0 aromatic heterocycles. The maximum Gasteiger partial charge on any atom is 0.326 e. The van der Waals surface area contributed by atoms with Gasteiger partial charge in [0.1, 0.15) is 6.04 Å². The number of aliphatic carboxylic acids is 1. The van der Waals surface area contributed by atoms with Crippen LogP contribution in [0.4, 0.5) is 0 Å². The van der Waals surface area contributed by atoms with Crippen LogP contribution in [0.2, 0.25) is 0 Å². The minimum Gasteiger partial charge on any atom is -0.480 e. The van der Waals surface area contributed by atoms with Gasteiger partial charge in [-0.1, -0.05) is 24.6 Å². The third kappa shape index (κ3) is 4.77. The molecule has 4 aliphatic carbocycles. The number of carboxylic acid groups (broad SMARTS) is 1. The van der Waals surface area contributed by atoms with Crippen LogP contribution in [0.25, 0.3) is 0 Å². The van der Waals surface area contributed by atoms with E-state index >= 15 is 0 Å². The Hall–Kier alpha value is -1.54. The van der Waals surface area contributed by atoms with Crippen molar-refractivity contribution in [1.82, 2.24) is 5.32 Å². The average Bonchev–Trinajstić information content (AvgIpc) is 3.11. The van der Waals surface area contributed by atoms with Gasteiger partial charge in [-0.15, -0.1) is 0 Å². The van der Waals surface area contributed by atoms with Crippen molar-refractivity contribution in [2.24, 2.45) is 33.7 Å². The molecule has 34 heavy (non-hydrogen) atoms. The molecule has 0 aliphatic heterocycles. The van der Waals surface area contributed by atoms with Gasteiger partial charge in [-0.05, 0) is 104 Å². The molecule has 7 nitrogen and oxygen atoms in total. The molecule has 0 aromatic carbocycles. The highest BCUT2D eigenvalue weighted by Crippen LogP contribution is 2.65. The van der Waals surface area contributed by atoms with Gasteiger partial charge in [-0.2, -0.15) is 11.8 Å². The Morgan fingerprint density at radius 1 is 1.21 bits per heavy atom. The summed E-state index contributed by atoms with van der Waals surface area (Å²) in [5.41, 5.74) is 2.61. The number of oxime groups is 1. The van der Waals surface area contributed by atoms with Gasteiger partial charge >= 0.3 is 5.97 Å². The van der Waals surface area contributed by atoms with Gasteiger partial charge in [0.15, 0.2) is 6.61 Å². The minimum absolute atomic E-state index is 0.101. The van der Waals surface area contributed by atoms with Crippen LogP contribution in [0.15, 0.2) is 16.8 Å². The summed E-state index contributed by atoms with van der Waals surface area (Å²) in [5, 5.41) is 26.6. The fourth-order valence-corrected chi connectivity index (χ4v) is 7.99. The second-order valence-electron chi connectivity index (χ2n) is 11.2. The molecule has 1 amide bonds. The number of carbonyl (C=O) groups excluding carboxylic acids is 1. The van der Waals surface area contributed by atoms with E-state index in [1.807, 2.05) is 6.26 Å². The average molecular weight is 493 g/mol. The quantitative estimate of drug-likeness (QED) is 0.442. The number of hydrogen-bond donors (Lipinski definition) is 3. The Morgan fingerprint density at radius 2 is 2.00 bits per heavy atom. The van der Waals surface area contributed by atoms with Crippen LogP contribution in [0.3, 0.4) is 0 Å². The van der Waals surface area contributed by atoms with E-state index in [2.05, 4.69) is 30.4 Å². The Kier molecular flexibility index (Phi) is 7.67. The van der Waals surface area contributed by atoms with Crippen molar-refractivity contribution in [3.63, 3.8) is 0 Å². The van der Waals surface area contributed by atoms with Gasteiger partial charge in [0.05, 0.1) is 11.8 Å². The summed E-state index contributed by atoms with van der Waals surface area (Å²) in [6.07, 6.45) is 12.9. The first-order valence-corrected chi connectivity index (χ1v) is 14.2. The summed E-state index contributed by atoms with van der Waals surface area (Å²) in [7, 11) is 0. The van der Waals surface area contributed by atoms with Crippen LogP contribution < -0.4 is 5.32 Å². The smallest absolute Gasteiger partial charge is 0.326 e. The van der Waals surface area contributed by atoms with Gasteiger partial charge in [0.2, 0.25) is 0 Å². The second kappa shape index (κ2) is 10.2. The topological polar surface area (TPSA) is 108 Å². The van der Waals surface area contributed by atoms with E-state index in [1.54, 1.807) is 11.8 Å². The summed E-state index contributed by atoms with van der Waals surface area (Å²) in [6.45, 7) is 4.47. The summed E-state index contributed by atoms with van der Waals surface area (Å²) in [6, 6.07) is -0.901. The number of nitrogens with one attached hydrogen (secondary N) is 1. The molecule has 4 rings (SSSR count). The lowest BCUT2D eigenvalue weighted by Crippen LogP contribution is -2.51. The molecule has 7 atom stereocenters. The number of carbonyl (C=O) groups is 2. The highest BCUT2D eigenvalue weighted by Gasteiger charge is 2.58. The largest absolute Gasteiger partial charge is 0.480 e. The molecular weight excluding hydrogens is 452 g/mol. The van der Waals surface area contributed by atoms with Crippen LogP contribution in [-0.4, -0.2) is 58.6 Å². The highest BCUT2D eigenvalue weighted by atomic mass is 32.2. The first-order chi connectivity index (χ1) is 16.2. The molecule has 3 saturated carbocycles. The Morgan fingerprint density at radius 3 is 2.74 bits per heavy atom. The number of hydrogen-bond acceptors (Lipinski definition) is 6. The Balaban J connectivity index is 1.36. The zero-order chi connectivity index (χ0) is 24.5. The van der Waals surface area contributed by atoms with E-state index in [9.17, 15) is 19.8 Å². The molecule has 0 radical (unpaired) electrons. The number of fused-ring (bicyclic) bond motifs is 5. The van der Waals surface area contributed by atoms with Crippen molar-refractivity contribution in [1.29, 1.82) is 0 Å². The fraction of sp³-hybridized carbons (Fsp3) is 0.808.